The molecule has 2 aromatic carbocycles. The number of aliphatic hydroxyl groups excluding tert-OH is 1. The van der Waals surface area contributed by atoms with Crippen molar-refractivity contribution in [2.45, 2.75) is 11.7 Å². The van der Waals surface area contributed by atoms with E-state index in [0.29, 0.717) is 11.1 Å². The van der Waals surface area contributed by atoms with Crippen molar-refractivity contribution in [2.75, 3.05) is 0 Å². The Morgan fingerprint density at radius 2 is 1.26 bits per heavy atom. The van der Waals surface area contributed by atoms with Crippen LogP contribution >= 0.6 is 0 Å². The molecule has 2 aromatic rings. The van der Waals surface area contributed by atoms with Crippen LogP contribution in [0.5, 0.6) is 0 Å². The van der Waals surface area contributed by atoms with Crippen LogP contribution in [0.4, 0.5) is 0 Å². The summed E-state index contributed by atoms with van der Waals surface area (Å²) in [5.74, 6) is -1.48. The lowest BCUT2D eigenvalue weighted by molar-refractivity contribution is -0.160. The number of carbonyl (C=O) groups is 1. The third-order valence-electron chi connectivity index (χ3n) is 3.06. The zero-order valence-electron chi connectivity index (χ0n) is 10.1. The third kappa shape index (κ3) is 2.36. The molecular formula is C15H14O4. The zero-order valence-corrected chi connectivity index (χ0v) is 10.1. The average Bonchev–Trinajstić information content (AvgIpc) is 2.47. The van der Waals surface area contributed by atoms with Crippen molar-refractivity contribution in [3.8, 4) is 0 Å². The van der Waals surface area contributed by atoms with Gasteiger partial charge in [-0.15, -0.1) is 0 Å². The predicted molar refractivity (Wildman–Crippen MR) is 69.5 cm³/mol. The minimum atomic E-state index is -1.98. The van der Waals surface area contributed by atoms with Crippen molar-refractivity contribution >= 4 is 5.97 Å². The number of hydrogen-bond donors (Lipinski definition) is 3. The molecule has 4 heteroatoms. The molecule has 0 radical (unpaired) electrons. The van der Waals surface area contributed by atoms with Crippen LogP contribution in [0.3, 0.4) is 0 Å². The van der Waals surface area contributed by atoms with E-state index in [2.05, 4.69) is 0 Å². The number of aliphatic hydroxyl groups is 2. The summed E-state index contributed by atoms with van der Waals surface area (Å²) < 4.78 is 0. The molecule has 98 valence electrons. The zero-order chi connectivity index (χ0) is 13.9. The number of aliphatic carboxylic acids is 1. The molecule has 0 amide bonds. The molecule has 0 saturated carbocycles. The van der Waals surface area contributed by atoms with Crippen molar-refractivity contribution in [1.29, 1.82) is 0 Å². The topological polar surface area (TPSA) is 77.8 Å². The Morgan fingerprint density at radius 3 is 1.58 bits per heavy atom. The first-order valence-corrected chi connectivity index (χ1v) is 5.81. The average molecular weight is 258 g/mol. The van der Waals surface area contributed by atoms with E-state index < -0.39 is 17.7 Å². The molecule has 2 rings (SSSR count). The van der Waals surface area contributed by atoms with Crippen LogP contribution in [0.15, 0.2) is 60.7 Å². The van der Waals surface area contributed by atoms with Gasteiger partial charge < -0.3 is 15.3 Å². The molecule has 0 aliphatic heterocycles. The van der Waals surface area contributed by atoms with E-state index in [1.54, 1.807) is 60.7 Å². The second-order valence-electron chi connectivity index (χ2n) is 4.24. The standard InChI is InChI=1S/C15H14O4/c16-13(14(17)18)15(19,11-7-3-1-4-8-11)12-9-5-2-6-10-12/h1-10,13,16,19H,(H,17,18)/t13-/m1/s1. The SMILES string of the molecule is O=C(O)[C@@H](O)C(O)(c1ccccc1)c1ccccc1. The first-order valence-electron chi connectivity index (χ1n) is 5.81. The van der Waals surface area contributed by atoms with Crippen molar-refractivity contribution in [1.82, 2.24) is 0 Å². The van der Waals surface area contributed by atoms with Crippen molar-refractivity contribution in [2.24, 2.45) is 0 Å². The Morgan fingerprint density at radius 1 is 0.895 bits per heavy atom. The first kappa shape index (κ1) is 13.3. The normalized spacial score (nSPS) is 12.9. The number of rotatable bonds is 4. The summed E-state index contributed by atoms with van der Waals surface area (Å²) in [6.45, 7) is 0. The lowest BCUT2D eigenvalue weighted by Gasteiger charge is -2.31. The van der Waals surface area contributed by atoms with E-state index in [1.807, 2.05) is 0 Å². The molecule has 0 spiro atoms. The van der Waals surface area contributed by atoms with Gasteiger partial charge in [0.25, 0.3) is 0 Å². The van der Waals surface area contributed by atoms with Crippen molar-refractivity contribution < 1.29 is 20.1 Å². The molecule has 0 fully saturated rings. The maximum Gasteiger partial charge on any atom is 0.336 e. The minimum absolute atomic E-state index is 0.330. The summed E-state index contributed by atoms with van der Waals surface area (Å²) in [6.07, 6.45) is -1.95. The lowest BCUT2D eigenvalue weighted by atomic mass is 9.81. The first-order chi connectivity index (χ1) is 9.06. The molecule has 0 bridgehead atoms. The Kier molecular flexibility index (Phi) is 3.64. The van der Waals surface area contributed by atoms with Gasteiger partial charge in [0, 0.05) is 0 Å². The second-order valence-corrected chi connectivity index (χ2v) is 4.24. The van der Waals surface area contributed by atoms with Gasteiger partial charge >= 0.3 is 5.97 Å². The molecule has 0 aliphatic rings. The highest BCUT2D eigenvalue weighted by Crippen LogP contribution is 2.33. The van der Waals surface area contributed by atoms with Gasteiger partial charge in [0.05, 0.1) is 0 Å². The molecule has 0 saturated heterocycles. The number of benzene rings is 2. The van der Waals surface area contributed by atoms with E-state index in [-0.39, 0.29) is 0 Å². The summed E-state index contributed by atoms with van der Waals surface area (Å²) in [4.78, 5) is 11.1. The van der Waals surface area contributed by atoms with Gasteiger partial charge in [-0.2, -0.15) is 0 Å². The molecular weight excluding hydrogens is 244 g/mol. The van der Waals surface area contributed by atoms with Crippen LogP contribution in [0.1, 0.15) is 11.1 Å². The molecule has 19 heavy (non-hydrogen) atoms. The van der Waals surface area contributed by atoms with E-state index >= 15 is 0 Å². The van der Waals surface area contributed by atoms with Crippen LogP contribution in [0.25, 0.3) is 0 Å². The fraction of sp³-hybridized carbons (Fsp3) is 0.133. The smallest absolute Gasteiger partial charge is 0.336 e. The van der Waals surface area contributed by atoms with Gasteiger partial charge in [-0.05, 0) is 11.1 Å². The fourth-order valence-corrected chi connectivity index (χ4v) is 2.05. The summed E-state index contributed by atoms with van der Waals surface area (Å²) in [5.41, 5.74) is -1.32. The minimum Gasteiger partial charge on any atom is -0.479 e. The van der Waals surface area contributed by atoms with Crippen LogP contribution in [-0.4, -0.2) is 27.4 Å². The monoisotopic (exact) mass is 258 g/mol. The molecule has 4 nitrogen and oxygen atoms in total. The molecule has 0 unspecified atom stereocenters. The fourth-order valence-electron chi connectivity index (χ4n) is 2.05. The quantitative estimate of drug-likeness (QED) is 0.774. The summed E-state index contributed by atoms with van der Waals surface area (Å²) in [6, 6.07) is 16.5. The van der Waals surface area contributed by atoms with Gasteiger partial charge in [-0.1, -0.05) is 60.7 Å². The summed E-state index contributed by atoms with van der Waals surface area (Å²) in [7, 11) is 0. The summed E-state index contributed by atoms with van der Waals surface area (Å²) >= 11 is 0. The maximum atomic E-state index is 11.1. The van der Waals surface area contributed by atoms with E-state index in [0.717, 1.165) is 0 Å². The van der Waals surface area contributed by atoms with E-state index in [1.165, 1.54) is 0 Å². The molecule has 0 aliphatic carbocycles. The Balaban J connectivity index is 2.61. The highest BCUT2D eigenvalue weighted by molar-refractivity contribution is 5.75. The third-order valence-corrected chi connectivity index (χ3v) is 3.06. The Labute approximate surface area is 110 Å². The van der Waals surface area contributed by atoms with Crippen molar-refractivity contribution in [3.05, 3.63) is 71.8 Å². The Hall–Kier alpha value is -2.17. The number of hydrogen-bond acceptors (Lipinski definition) is 3. The number of carboxylic acid groups (broad SMARTS) is 1. The molecule has 1 atom stereocenters. The van der Waals surface area contributed by atoms with Gasteiger partial charge in [-0.3, -0.25) is 0 Å². The molecule has 0 heterocycles. The van der Waals surface area contributed by atoms with Crippen LogP contribution in [-0.2, 0) is 10.4 Å². The Bertz CT molecular complexity index is 511. The second kappa shape index (κ2) is 5.22. The number of carboxylic acids is 1. The highest BCUT2D eigenvalue weighted by Gasteiger charge is 2.43. The van der Waals surface area contributed by atoms with Gasteiger partial charge in [0.15, 0.2) is 11.7 Å². The van der Waals surface area contributed by atoms with E-state index in [4.69, 9.17) is 5.11 Å². The van der Waals surface area contributed by atoms with Crippen LogP contribution in [0, 0.1) is 0 Å². The maximum absolute atomic E-state index is 11.1. The molecule has 3 N–H and O–H groups in total. The lowest BCUT2D eigenvalue weighted by Crippen LogP contribution is -2.45. The predicted octanol–water partition coefficient (Wildman–Crippen LogP) is 1.37. The van der Waals surface area contributed by atoms with Gasteiger partial charge in [-0.25, -0.2) is 4.79 Å². The van der Waals surface area contributed by atoms with E-state index in [9.17, 15) is 15.0 Å². The van der Waals surface area contributed by atoms with Gasteiger partial charge in [0.1, 0.15) is 0 Å². The van der Waals surface area contributed by atoms with Crippen LogP contribution in [0.2, 0.25) is 0 Å². The molecule has 0 aromatic heterocycles. The summed E-state index contributed by atoms with van der Waals surface area (Å²) in [5, 5.41) is 29.7. The van der Waals surface area contributed by atoms with Gasteiger partial charge in [0.2, 0.25) is 0 Å². The highest BCUT2D eigenvalue weighted by atomic mass is 16.4. The van der Waals surface area contributed by atoms with Crippen molar-refractivity contribution in [3.63, 3.8) is 0 Å². The largest absolute Gasteiger partial charge is 0.479 e. The van der Waals surface area contributed by atoms with Crippen LogP contribution < -0.4 is 0 Å².